The van der Waals surface area contributed by atoms with Gasteiger partial charge in [0.25, 0.3) is 0 Å². The minimum absolute atomic E-state index is 0.230. The molecule has 0 radical (unpaired) electrons. The van der Waals surface area contributed by atoms with E-state index in [1.807, 2.05) is 25.3 Å². The zero-order valence-corrected chi connectivity index (χ0v) is 9.41. The maximum Gasteiger partial charge on any atom is 0.243 e. The van der Waals surface area contributed by atoms with E-state index < -0.39 is 0 Å². The number of nitrogens with two attached hydrogens (primary N) is 1. The maximum atomic E-state index is 5.66. The Labute approximate surface area is 95.3 Å². The number of H-pyrrole nitrogens is 1. The van der Waals surface area contributed by atoms with Crippen LogP contribution in [0.4, 0.5) is 0 Å². The lowest BCUT2D eigenvalue weighted by molar-refractivity contribution is 0.362. The number of fused-ring (bicyclic) bond motifs is 1. The van der Waals surface area contributed by atoms with E-state index in [4.69, 9.17) is 10.3 Å². The van der Waals surface area contributed by atoms with Crippen LogP contribution >= 0.6 is 11.3 Å². The summed E-state index contributed by atoms with van der Waals surface area (Å²) >= 11 is 1.60. The monoisotopic (exact) mass is 234 g/mol. The largest absolute Gasteiger partial charge is 0.353 e. The minimum atomic E-state index is -0.230. The van der Waals surface area contributed by atoms with Gasteiger partial charge in [0, 0.05) is 11.6 Å². The van der Waals surface area contributed by atoms with Crippen LogP contribution in [0.5, 0.6) is 0 Å². The van der Waals surface area contributed by atoms with Gasteiger partial charge >= 0.3 is 0 Å². The van der Waals surface area contributed by atoms with Crippen molar-refractivity contribution in [2.45, 2.75) is 13.0 Å². The molecule has 3 rings (SSSR count). The summed E-state index contributed by atoms with van der Waals surface area (Å²) in [6, 6.07) is 3.82. The average molecular weight is 234 g/mol. The van der Waals surface area contributed by atoms with Crippen LogP contribution in [0.2, 0.25) is 0 Å². The fourth-order valence-corrected chi connectivity index (χ4v) is 2.43. The highest BCUT2D eigenvalue weighted by Crippen LogP contribution is 2.31. The van der Waals surface area contributed by atoms with Crippen molar-refractivity contribution in [3.63, 3.8) is 0 Å². The molecule has 0 saturated carbocycles. The molecule has 3 heterocycles. The number of hydrogen-bond donors (Lipinski definition) is 2. The lowest BCUT2D eigenvalue weighted by Crippen LogP contribution is -2.04. The number of thiophene rings is 1. The van der Waals surface area contributed by atoms with E-state index in [9.17, 15) is 0 Å². The van der Waals surface area contributed by atoms with Gasteiger partial charge in [-0.3, -0.25) is 0 Å². The van der Waals surface area contributed by atoms with Crippen LogP contribution < -0.4 is 5.73 Å². The van der Waals surface area contributed by atoms with Gasteiger partial charge in [-0.2, -0.15) is 4.98 Å². The van der Waals surface area contributed by atoms with Crippen molar-refractivity contribution in [1.29, 1.82) is 0 Å². The highest BCUT2D eigenvalue weighted by atomic mass is 32.1. The first-order valence-electron chi connectivity index (χ1n) is 4.90. The number of nitrogens with zero attached hydrogens (tertiary/aromatic N) is 2. The van der Waals surface area contributed by atoms with Crippen molar-refractivity contribution in [3.05, 3.63) is 24.2 Å². The predicted octanol–water partition coefficient (Wildman–Crippen LogP) is 2.30. The third kappa shape index (κ3) is 1.43. The van der Waals surface area contributed by atoms with Crippen molar-refractivity contribution >= 4 is 21.6 Å². The average Bonchev–Trinajstić information content (AvgIpc) is 2.91. The maximum absolute atomic E-state index is 5.66. The second kappa shape index (κ2) is 3.43. The zero-order valence-electron chi connectivity index (χ0n) is 8.60. The Morgan fingerprint density at radius 2 is 2.44 bits per heavy atom. The van der Waals surface area contributed by atoms with Crippen LogP contribution in [0.15, 0.2) is 22.9 Å². The Kier molecular flexibility index (Phi) is 2.05. The standard InChI is InChI=1S/C10H10N4OS/c1-5(11)9-13-8(14-15-9)7-4-6-2-3-12-10(6)16-7/h2-5,12H,11H2,1H3. The number of aromatic nitrogens is 3. The number of nitrogens with one attached hydrogen (secondary N) is 1. The van der Waals surface area contributed by atoms with Crippen LogP contribution in [0.1, 0.15) is 18.9 Å². The molecular formula is C10H10N4OS. The van der Waals surface area contributed by atoms with E-state index in [1.165, 1.54) is 0 Å². The Morgan fingerprint density at radius 3 is 3.12 bits per heavy atom. The fraction of sp³-hybridized carbons (Fsp3) is 0.200. The van der Waals surface area contributed by atoms with Crippen molar-refractivity contribution in [3.8, 4) is 10.7 Å². The molecule has 3 N–H and O–H groups in total. The van der Waals surface area contributed by atoms with Crippen LogP contribution in [0.3, 0.4) is 0 Å². The van der Waals surface area contributed by atoms with Crippen molar-refractivity contribution in [1.82, 2.24) is 15.1 Å². The molecule has 0 amide bonds. The molecule has 16 heavy (non-hydrogen) atoms. The first-order valence-corrected chi connectivity index (χ1v) is 5.72. The van der Waals surface area contributed by atoms with Crippen LogP contribution in [0.25, 0.3) is 20.9 Å². The third-order valence-electron chi connectivity index (χ3n) is 2.29. The van der Waals surface area contributed by atoms with E-state index in [0.29, 0.717) is 11.7 Å². The quantitative estimate of drug-likeness (QED) is 0.713. The molecule has 0 fully saturated rings. The molecule has 3 aromatic heterocycles. The molecular weight excluding hydrogens is 224 g/mol. The first kappa shape index (κ1) is 9.56. The van der Waals surface area contributed by atoms with Crippen molar-refractivity contribution in [2.24, 2.45) is 5.73 Å². The Balaban J connectivity index is 2.05. The molecule has 1 atom stereocenters. The highest BCUT2D eigenvalue weighted by Gasteiger charge is 2.14. The predicted molar refractivity (Wildman–Crippen MR) is 62.1 cm³/mol. The highest BCUT2D eigenvalue weighted by molar-refractivity contribution is 7.21. The van der Waals surface area contributed by atoms with Crippen LogP contribution in [-0.4, -0.2) is 15.1 Å². The van der Waals surface area contributed by atoms with Crippen LogP contribution in [0, 0.1) is 0 Å². The van der Waals surface area contributed by atoms with Gasteiger partial charge in [0.2, 0.25) is 11.7 Å². The summed E-state index contributed by atoms with van der Waals surface area (Å²) in [4.78, 5) is 9.49. The van der Waals surface area contributed by atoms with Gasteiger partial charge < -0.3 is 15.2 Å². The molecule has 82 valence electrons. The Bertz CT molecular complexity index is 593. The van der Waals surface area contributed by atoms with E-state index in [1.54, 1.807) is 11.3 Å². The normalized spacial score (nSPS) is 13.4. The topological polar surface area (TPSA) is 80.7 Å². The number of rotatable bonds is 2. The summed E-state index contributed by atoms with van der Waals surface area (Å²) in [7, 11) is 0. The lowest BCUT2D eigenvalue weighted by atomic mass is 10.3. The Hall–Kier alpha value is -1.66. The molecule has 0 saturated heterocycles. The molecule has 0 aromatic carbocycles. The van der Waals surface area contributed by atoms with Crippen molar-refractivity contribution < 1.29 is 4.52 Å². The van der Waals surface area contributed by atoms with Gasteiger partial charge in [-0.15, -0.1) is 11.3 Å². The summed E-state index contributed by atoms with van der Waals surface area (Å²) in [5, 5.41) is 5.07. The second-order valence-electron chi connectivity index (χ2n) is 3.62. The number of hydrogen-bond acceptors (Lipinski definition) is 5. The molecule has 0 aliphatic carbocycles. The molecule has 0 aliphatic heterocycles. The smallest absolute Gasteiger partial charge is 0.243 e. The van der Waals surface area contributed by atoms with Crippen molar-refractivity contribution in [2.75, 3.05) is 0 Å². The van der Waals surface area contributed by atoms with Gasteiger partial charge in [0.05, 0.1) is 10.9 Å². The first-order chi connectivity index (χ1) is 7.74. The van der Waals surface area contributed by atoms with Gasteiger partial charge in [0.15, 0.2) is 0 Å². The molecule has 6 heteroatoms. The fourth-order valence-electron chi connectivity index (χ4n) is 1.48. The Morgan fingerprint density at radius 1 is 1.56 bits per heavy atom. The molecule has 0 spiro atoms. The summed E-state index contributed by atoms with van der Waals surface area (Å²) in [6.07, 6.45) is 1.91. The zero-order chi connectivity index (χ0) is 11.1. The molecule has 3 aromatic rings. The number of aromatic amines is 1. The van der Waals surface area contributed by atoms with Crippen LogP contribution in [-0.2, 0) is 0 Å². The second-order valence-corrected chi connectivity index (χ2v) is 4.67. The molecule has 0 aliphatic rings. The van der Waals surface area contributed by atoms with Gasteiger partial charge in [-0.05, 0) is 19.1 Å². The molecule has 0 bridgehead atoms. The van der Waals surface area contributed by atoms with E-state index >= 15 is 0 Å². The van der Waals surface area contributed by atoms with Gasteiger partial charge in [-0.25, -0.2) is 0 Å². The van der Waals surface area contributed by atoms with E-state index in [2.05, 4.69) is 15.1 Å². The minimum Gasteiger partial charge on any atom is -0.353 e. The summed E-state index contributed by atoms with van der Waals surface area (Å²) in [5.41, 5.74) is 5.66. The van der Waals surface area contributed by atoms with E-state index in [-0.39, 0.29) is 6.04 Å². The van der Waals surface area contributed by atoms with Gasteiger partial charge in [0.1, 0.15) is 4.83 Å². The summed E-state index contributed by atoms with van der Waals surface area (Å²) in [5.74, 6) is 1.06. The SMILES string of the molecule is CC(N)c1nc(-c2cc3cc[nH]c3s2)no1. The van der Waals surface area contributed by atoms with Gasteiger partial charge in [-0.1, -0.05) is 5.16 Å². The molecule has 5 nitrogen and oxygen atoms in total. The summed E-state index contributed by atoms with van der Waals surface area (Å²) < 4.78 is 5.06. The molecule has 1 unspecified atom stereocenters. The third-order valence-corrected chi connectivity index (χ3v) is 3.37. The summed E-state index contributed by atoms with van der Waals surface area (Å²) in [6.45, 7) is 1.82. The lowest BCUT2D eigenvalue weighted by Gasteiger charge is -1.92. The van der Waals surface area contributed by atoms with E-state index in [0.717, 1.165) is 15.1 Å².